The van der Waals surface area contributed by atoms with Crippen LogP contribution in [-0.2, 0) is 4.79 Å². The molecule has 0 bridgehead atoms. The zero-order valence-corrected chi connectivity index (χ0v) is 14.3. The van der Waals surface area contributed by atoms with Crippen molar-refractivity contribution >= 4 is 23.3 Å². The minimum absolute atomic E-state index is 0.00863. The molecule has 0 spiro atoms. The van der Waals surface area contributed by atoms with Crippen molar-refractivity contribution in [2.45, 2.75) is 32.4 Å². The number of pyridine rings is 1. The molecule has 8 heteroatoms. The van der Waals surface area contributed by atoms with Crippen molar-refractivity contribution in [2.24, 2.45) is 0 Å². The topological polar surface area (TPSA) is 103 Å². The molecule has 0 radical (unpaired) electrons. The molecule has 0 saturated carbocycles. The van der Waals surface area contributed by atoms with E-state index >= 15 is 0 Å². The van der Waals surface area contributed by atoms with Gasteiger partial charge in [-0.3, -0.25) is 14.5 Å². The van der Waals surface area contributed by atoms with E-state index < -0.39 is 28.8 Å². The molecule has 2 unspecified atom stereocenters. The molecule has 3 rings (SSSR count). The van der Waals surface area contributed by atoms with Gasteiger partial charge in [0.2, 0.25) is 0 Å². The Morgan fingerprint density at radius 2 is 2.00 bits per heavy atom. The third-order valence-corrected chi connectivity index (χ3v) is 4.22. The highest BCUT2D eigenvalue weighted by Crippen LogP contribution is 2.36. The van der Waals surface area contributed by atoms with Gasteiger partial charge in [-0.25, -0.2) is 0 Å². The van der Waals surface area contributed by atoms with E-state index in [0.717, 1.165) is 0 Å². The largest absolute Gasteiger partial charge is 0.474 e. The first-order chi connectivity index (χ1) is 12.4. The molecule has 2 heterocycles. The second-order valence-corrected chi connectivity index (χ2v) is 5.88. The normalized spacial score (nSPS) is 17.2. The number of ketones is 1. The number of carbonyl (C=O) groups excluding carboxylic acids is 2. The van der Waals surface area contributed by atoms with Crippen LogP contribution < -0.4 is 9.64 Å². The predicted octanol–water partition coefficient (Wildman–Crippen LogP) is 2.77. The quantitative estimate of drug-likeness (QED) is 0.464. The third-order valence-electron chi connectivity index (χ3n) is 4.22. The lowest BCUT2D eigenvalue weighted by atomic mass is 10.0. The van der Waals surface area contributed by atoms with Gasteiger partial charge in [-0.1, -0.05) is 37.3 Å². The van der Waals surface area contributed by atoms with Crippen LogP contribution in [0.3, 0.4) is 0 Å². The molecule has 0 aliphatic carbocycles. The fourth-order valence-corrected chi connectivity index (χ4v) is 2.85. The molecule has 1 aromatic heterocycles. The molecule has 1 aliphatic heterocycles. The molecule has 1 amide bonds. The number of ether oxygens (including phenoxy) is 1. The number of aromatic nitrogens is 1. The molecular formula is C18H17N3O5. The van der Waals surface area contributed by atoms with Crippen LogP contribution in [0.2, 0.25) is 0 Å². The van der Waals surface area contributed by atoms with Gasteiger partial charge in [0, 0.05) is 11.6 Å². The molecule has 0 fully saturated rings. The average molecular weight is 355 g/mol. The van der Waals surface area contributed by atoms with Gasteiger partial charge in [0.05, 0.1) is 0 Å². The van der Waals surface area contributed by atoms with E-state index in [9.17, 15) is 19.7 Å². The Morgan fingerprint density at radius 1 is 1.31 bits per heavy atom. The van der Waals surface area contributed by atoms with Crippen molar-refractivity contribution in [3.63, 3.8) is 0 Å². The maximum absolute atomic E-state index is 12.8. The molecule has 1 aliphatic rings. The lowest BCUT2D eigenvalue weighted by molar-refractivity contribution is -0.389. The summed E-state index contributed by atoms with van der Waals surface area (Å²) in [6.45, 7) is 3.36. The van der Waals surface area contributed by atoms with Crippen LogP contribution in [0, 0.1) is 10.1 Å². The Hall–Kier alpha value is -3.29. The number of nitrogens with zero attached hydrogens (tertiary/aromatic N) is 3. The number of amides is 1. The second-order valence-electron chi connectivity index (χ2n) is 5.88. The van der Waals surface area contributed by atoms with Gasteiger partial charge in [-0.2, -0.15) is 0 Å². The van der Waals surface area contributed by atoms with E-state index in [1.807, 2.05) is 0 Å². The van der Waals surface area contributed by atoms with E-state index in [0.29, 0.717) is 12.0 Å². The lowest BCUT2D eigenvalue weighted by Gasteiger charge is -2.33. The number of benzene rings is 1. The Labute approximate surface area is 149 Å². The highest BCUT2D eigenvalue weighted by Gasteiger charge is 2.42. The van der Waals surface area contributed by atoms with Gasteiger partial charge < -0.3 is 14.9 Å². The standard InChI is InChI=1S/C18H17N3O5/c1-3-13-18(23)20(11(2)16(22)12-7-5-4-6-8-12)17-14(26-13)9-10-15(19-17)21(24)25/h4-11,13H,3H2,1-2H3. The number of anilines is 1. The Kier molecular flexibility index (Phi) is 4.66. The Balaban J connectivity index is 2.06. The minimum atomic E-state index is -0.879. The van der Waals surface area contributed by atoms with Crippen LogP contribution >= 0.6 is 0 Å². The Bertz CT molecular complexity index is 868. The van der Waals surface area contributed by atoms with E-state index in [1.165, 1.54) is 17.0 Å². The lowest BCUT2D eigenvalue weighted by Crippen LogP contribution is -2.52. The van der Waals surface area contributed by atoms with Crippen molar-refractivity contribution in [1.29, 1.82) is 0 Å². The average Bonchev–Trinajstić information content (AvgIpc) is 2.66. The van der Waals surface area contributed by atoms with Gasteiger partial charge in [-0.15, -0.1) is 0 Å². The number of hydrogen-bond acceptors (Lipinski definition) is 6. The van der Waals surface area contributed by atoms with Gasteiger partial charge in [0.25, 0.3) is 11.7 Å². The Morgan fingerprint density at radius 3 is 2.62 bits per heavy atom. The molecule has 8 nitrogen and oxygen atoms in total. The van der Waals surface area contributed by atoms with E-state index in [1.54, 1.807) is 44.2 Å². The number of Topliss-reactive ketones (excluding diaryl/α,β-unsaturated/α-hetero) is 1. The molecule has 26 heavy (non-hydrogen) atoms. The summed E-state index contributed by atoms with van der Waals surface area (Å²) in [4.78, 5) is 41.2. The van der Waals surface area contributed by atoms with Crippen LogP contribution in [0.25, 0.3) is 0 Å². The number of rotatable bonds is 5. The third kappa shape index (κ3) is 3.01. The fourth-order valence-electron chi connectivity index (χ4n) is 2.85. The van der Waals surface area contributed by atoms with Gasteiger partial charge in [0.15, 0.2) is 17.6 Å². The van der Waals surface area contributed by atoms with Gasteiger partial charge in [0.1, 0.15) is 6.04 Å². The van der Waals surface area contributed by atoms with E-state index in [4.69, 9.17) is 4.74 Å². The maximum atomic E-state index is 12.8. The van der Waals surface area contributed by atoms with Crippen LogP contribution in [-0.4, -0.2) is 33.7 Å². The highest BCUT2D eigenvalue weighted by atomic mass is 16.6. The van der Waals surface area contributed by atoms with Gasteiger partial charge in [-0.05, 0) is 29.3 Å². The van der Waals surface area contributed by atoms with Crippen molar-refractivity contribution in [3.8, 4) is 5.75 Å². The summed E-state index contributed by atoms with van der Waals surface area (Å²) in [5.41, 5.74) is 0.444. The first kappa shape index (κ1) is 17.5. The van der Waals surface area contributed by atoms with Crippen LogP contribution in [0.1, 0.15) is 30.6 Å². The predicted molar refractivity (Wildman–Crippen MR) is 93.3 cm³/mol. The van der Waals surface area contributed by atoms with Crippen molar-refractivity contribution in [1.82, 2.24) is 4.98 Å². The molecule has 1 aromatic carbocycles. The molecule has 2 aromatic rings. The summed E-state index contributed by atoms with van der Waals surface area (Å²) in [5.74, 6) is -0.903. The van der Waals surface area contributed by atoms with Crippen LogP contribution in [0.4, 0.5) is 11.6 Å². The molecule has 134 valence electrons. The van der Waals surface area contributed by atoms with E-state index in [2.05, 4.69) is 4.98 Å². The molecule has 0 saturated heterocycles. The zero-order valence-electron chi connectivity index (χ0n) is 14.3. The highest BCUT2D eigenvalue weighted by molar-refractivity contribution is 6.09. The molecule has 0 N–H and O–H groups in total. The number of hydrogen-bond donors (Lipinski definition) is 0. The summed E-state index contributed by atoms with van der Waals surface area (Å²) >= 11 is 0. The van der Waals surface area contributed by atoms with Crippen molar-refractivity contribution in [2.75, 3.05) is 4.90 Å². The summed E-state index contributed by atoms with van der Waals surface area (Å²) < 4.78 is 5.61. The summed E-state index contributed by atoms with van der Waals surface area (Å²) in [6.07, 6.45) is -0.366. The number of nitro groups is 1. The maximum Gasteiger partial charge on any atom is 0.366 e. The SMILES string of the molecule is CCC1Oc2ccc([N+](=O)[O-])nc2N(C(C)C(=O)c2ccccc2)C1=O. The monoisotopic (exact) mass is 355 g/mol. The zero-order chi connectivity index (χ0) is 18.8. The molecular weight excluding hydrogens is 338 g/mol. The van der Waals surface area contributed by atoms with Gasteiger partial charge >= 0.3 is 5.82 Å². The van der Waals surface area contributed by atoms with Crippen LogP contribution in [0.5, 0.6) is 5.75 Å². The van der Waals surface area contributed by atoms with Crippen LogP contribution in [0.15, 0.2) is 42.5 Å². The van der Waals surface area contributed by atoms with Crippen molar-refractivity contribution < 1.29 is 19.2 Å². The minimum Gasteiger partial charge on any atom is -0.474 e. The first-order valence-corrected chi connectivity index (χ1v) is 8.18. The number of carbonyl (C=O) groups is 2. The summed E-state index contributed by atoms with van der Waals surface area (Å²) in [5, 5.41) is 11.1. The van der Waals surface area contributed by atoms with E-state index in [-0.39, 0.29) is 17.4 Å². The first-order valence-electron chi connectivity index (χ1n) is 8.18. The summed E-state index contributed by atoms with van der Waals surface area (Å²) in [7, 11) is 0. The second kappa shape index (κ2) is 6.91. The fraction of sp³-hybridized carbons (Fsp3) is 0.278. The summed E-state index contributed by atoms with van der Waals surface area (Å²) in [6, 6.07) is 10.3. The number of fused-ring (bicyclic) bond motifs is 1. The van der Waals surface area contributed by atoms with Crippen molar-refractivity contribution in [3.05, 3.63) is 58.1 Å². The molecule has 2 atom stereocenters. The smallest absolute Gasteiger partial charge is 0.366 e.